The van der Waals surface area contributed by atoms with E-state index in [2.05, 4.69) is 15.6 Å². The maximum Gasteiger partial charge on any atom is 0.302 e. The number of benzene rings is 1. The standard InChI is InChI=1S/C14H15FN4O3/c1-10(20)22-6-5-16-14(21)13-9-19(18-17-13)8-11-3-2-4-12(15)7-11/h2-4,7,9H,5-6,8H2,1H3,(H,16,21). The molecular formula is C14H15FN4O3. The van der Waals surface area contributed by atoms with E-state index in [0.717, 1.165) is 0 Å². The summed E-state index contributed by atoms with van der Waals surface area (Å²) >= 11 is 0. The molecule has 22 heavy (non-hydrogen) atoms. The predicted octanol–water partition coefficient (Wildman–Crippen LogP) is 0.758. The molecule has 1 heterocycles. The Labute approximate surface area is 126 Å². The monoisotopic (exact) mass is 306 g/mol. The van der Waals surface area contributed by atoms with Gasteiger partial charge in [0.25, 0.3) is 5.91 Å². The summed E-state index contributed by atoms with van der Waals surface area (Å²) in [6.45, 7) is 1.89. The van der Waals surface area contributed by atoms with Crippen molar-refractivity contribution in [3.05, 3.63) is 47.5 Å². The molecule has 8 heteroatoms. The second-order valence-electron chi connectivity index (χ2n) is 4.53. The van der Waals surface area contributed by atoms with E-state index in [-0.39, 0.29) is 24.7 Å². The topological polar surface area (TPSA) is 86.1 Å². The van der Waals surface area contributed by atoms with Crippen molar-refractivity contribution >= 4 is 11.9 Å². The van der Waals surface area contributed by atoms with Gasteiger partial charge in [0.15, 0.2) is 5.69 Å². The van der Waals surface area contributed by atoms with Crippen molar-refractivity contribution in [2.75, 3.05) is 13.2 Å². The van der Waals surface area contributed by atoms with Crippen LogP contribution >= 0.6 is 0 Å². The molecule has 0 spiro atoms. The van der Waals surface area contributed by atoms with E-state index in [1.165, 1.54) is 29.9 Å². The molecule has 0 fully saturated rings. The van der Waals surface area contributed by atoms with Crippen molar-refractivity contribution in [1.82, 2.24) is 20.3 Å². The molecule has 116 valence electrons. The largest absolute Gasteiger partial charge is 0.464 e. The first kappa shape index (κ1) is 15.6. The molecule has 0 saturated carbocycles. The third kappa shape index (κ3) is 4.65. The van der Waals surface area contributed by atoms with Crippen LogP contribution in [-0.2, 0) is 16.1 Å². The molecule has 0 aliphatic rings. The highest BCUT2D eigenvalue weighted by Crippen LogP contribution is 2.05. The third-order valence-corrected chi connectivity index (χ3v) is 2.70. The summed E-state index contributed by atoms with van der Waals surface area (Å²) in [7, 11) is 0. The van der Waals surface area contributed by atoms with Crippen LogP contribution in [0.1, 0.15) is 23.0 Å². The van der Waals surface area contributed by atoms with Crippen LogP contribution in [0.5, 0.6) is 0 Å². The van der Waals surface area contributed by atoms with Crippen LogP contribution in [0, 0.1) is 5.82 Å². The lowest BCUT2D eigenvalue weighted by Gasteiger charge is -2.03. The van der Waals surface area contributed by atoms with Crippen molar-refractivity contribution in [3.63, 3.8) is 0 Å². The Morgan fingerprint density at radius 2 is 2.23 bits per heavy atom. The predicted molar refractivity (Wildman–Crippen MR) is 74.5 cm³/mol. The zero-order valence-corrected chi connectivity index (χ0v) is 12.0. The van der Waals surface area contributed by atoms with Crippen LogP contribution in [0.25, 0.3) is 0 Å². The first-order valence-corrected chi connectivity index (χ1v) is 6.61. The number of carbonyl (C=O) groups excluding carboxylic acids is 2. The van der Waals surface area contributed by atoms with Crippen LogP contribution in [-0.4, -0.2) is 40.0 Å². The number of hydrogen-bond donors (Lipinski definition) is 1. The molecule has 2 rings (SSSR count). The molecular weight excluding hydrogens is 291 g/mol. The van der Waals surface area contributed by atoms with Gasteiger partial charge in [-0.2, -0.15) is 0 Å². The van der Waals surface area contributed by atoms with Crippen molar-refractivity contribution < 1.29 is 18.7 Å². The number of aromatic nitrogens is 3. The van der Waals surface area contributed by atoms with E-state index in [1.54, 1.807) is 12.1 Å². The van der Waals surface area contributed by atoms with Gasteiger partial charge in [-0.3, -0.25) is 9.59 Å². The van der Waals surface area contributed by atoms with Crippen molar-refractivity contribution in [1.29, 1.82) is 0 Å². The van der Waals surface area contributed by atoms with E-state index in [9.17, 15) is 14.0 Å². The average Bonchev–Trinajstić information content (AvgIpc) is 2.92. The quantitative estimate of drug-likeness (QED) is 0.629. The molecule has 1 amide bonds. The van der Waals surface area contributed by atoms with Gasteiger partial charge in [-0.25, -0.2) is 9.07 Å². The zero-order chi connectivity index (χ0) is 15.9. The first-order valence-electron chi connectivity index (χ1n) is 6.61. The van der Waals surface area contributed by atoms with E-state index < -0.39 is 11.9 Å². The number of amides is 1. The SMILES string of the molecule is CC(=O)OCCNC(=O)c1cn(Cc2cccc(F)c2)nn1. The number of halogens is 1. The van der Waals surface area contributed by atoms with Gasteiger partial charge in [-0.05, 0) is 17.7 Å². The Morgan fingerprint density at radius 3 is 2.95 bits per heavy atom. The van der Waals surface area contributed by atoms with Crippen molar-refractivity contribution in [3.8, 4) is 0 Å². The number of nitrogens with zero attached hydrogens (tertiary/aromatic N) is 3. The molecule has 1 aromatic carbocycles. The van der Waals surface area contributed by atoms with E-state index in [1.807, 2.05) is 0 Å². The molecule has 0 radical (unpaired) electrons. The molecule has 0 atom stereocenters. The Kier molecular flexibility index (Phi) is 5.18. The number of carbonyl (C=O) groups is 2. The fourth-order valence-electron chi connectivity index (χ4n) is 1.75. The second kappa shape index (κ2) is 7.30. The smallest absolute Gasteiger partial charge is 0.302 e. The molecule has 0 saturated heterocycles. The summed E-state index contributed by atoms with van der Waals surface area (Å²) < 4.78 is 19.2. The average molecular weight is 306 g/mol. The van der Waals surface area contributed by atoms with Gasteiger partial charge in [0.05, 0.1) is 19.3 Å². The molecule has 0 aliphatic carbocycles. The van der Waals surface area contributed by atoms with Gasteiger partial charge in [0, 0.05) is 6.92 Å². The minimum atomic E-state index is -0.419. The summed E-state index contributed by atoms with van der Waals surface area (Å²) in [5.74, 6) is -1.16. The number of ether oxygens (including phenoxy) is 1. The third-order valence-electron chi connectivity index (χ3n) is 2.70. The fourth-order valence-corrected chi connectivity index (χ4v) is 1.75. The van der Waals surface area contributed by atoms with Crippen LogP contribution < -0.4 is 5.32 Å². The highest BCUT2D eigenvalue weighted by atomic mass is 19.1. The number of nitrogens with one attached hydrogen (secondary N) is 1. The zero-order valence-electron chi connectivity index (χ0n) is 12.0. The number of esters is 1. The Hall–Kier alpha value is -2.77. The molecule has 0 bridgehead atoms. The summed E-state index contributed by atoms with van der Waals surface area (Å²) in [5, 5.41) is 10.1. The van der Waals surface area contributed by atoms with Crippen LogP contribution in [0.2, 0.25) is 0 Å². The van der Waals surface area contributed by atoms with Crippen molar-refractivity contribution in [2.45, 2.75) is 13.5 Å². The van der Waals surface area contributed by atoms with E-state index >= 15 is 0 Å². The lowest BCUT2D eigenvalue weighted by Crippen LogP contribution is -2.28. The molecule has 1 aromatic heterocycles. The molecule has 0 unspecified atom stereocenters. The van der Waals surface area contributed by atoms with Gasteiger partial charge in [-0.15, -0.1) is 5.10 Å². The maximum atomic E-state index is 13.1. The summed E-state index contributed by atoms with van der Waals surface area (Å²) in [6.07, 6.45) is 1.46. The van der Waals surface area contributed by atoms with Gasteiger partial charge in [0.2, 0.25) is 0 Å². The van der Waals surface area contributed by atoms with E-state index in [0.29, 0.717) is 12.1 Å². The molecule has 1 N–H and O–H groups in total. The number of rotatable bonds is 6. The second-order valence-corrected chi connectivity index (χ2v) is 4.53. The summed E-state index contributed by atoms with van der Waals surface area (Å²) in [6, 6.07) is 6.10. The summed E-state index contributed by atoms with van der Waals surface area (Å²) in [4.78, 5) is 22.4. The van der Waals surface area contributed by atoms with Crippen LogP contribution in [0.15, 0.2) is 30.5 Å². The Morgan fingerprint density at radius 1 is 1.41 bits per heavy atom. The lowest BCUT2D eigenvalue weighted by atomic mass is 10.2. The first-order chi connectivity index (χ1) is 10.5. The highest BCUT2D eigenvalue weighted by Gasteiger charge is 2.10. The van der Waals surface area contributed by atoms with Gasteiger partial charge in [0.1, 0.15) is 12.4 Å². The van der Waals surface area contributed by atoms with Crippen LogP contribution in [0.4, 0.5) is 4.39 Å². The van der Waals surface area contributed by atoms with Crippen molar-refractivity contribution in [2.24, 2.45) is 0 Å². The number of hydrogen-bond acceptors (Lipinski definition) is 5. The minimum Gasteiger partial charge on any atom is -0.464 e. The summed E-state index contributed by atoms with van der Waals surface area (Å²) in [5.41, 5.74) is 0.853. The normalized spacial score (nSPS) is 10.3. The Balaban J connectivity index is 1.88. The highest BCUT2D eigenvalue weighted by molar-refractivity contribution is 5.91. The lowest BCUT2D eigenvalue weighted by molar-refractivity contribution is -0.140. The maximum absolute atomic E-state index is 13.1. The minimum absolute atomic E-state index is 0.0957. The van der Waals surface area contributed by atoms with E-state index in [4.69, 9.17) is 4.74 Å². The van der Waals surface area contributed by atoms with Crippen LogP contribution in [0.3, 0.4) is 0 Å². The molecule has 7 nitrogen and oxygen atoms in total. The Bertz CT molecular complexity index is 672. The van der Waals surface area contributed by atoms with Gasteiger partial charge >= 0.3 is 5.97 Å². The van der Waals surface area contributed by atoms with Gasteiger partial charge in [-0.1, -0.05) is 17.3 Å². The fraction of sp³-hybridized carbons (Fsp3) is 0.286. The van der Waals surface area contributed by atoms with Gasteiger partial charge < -0.3 is 10.1 Å². The molecule has 0 aliphatic heterocycles. The molecule has 2 aromatic rings.